The Morgan fingerprint density at radius 3 is 2.60 bits per heavy atom. The Morgan fingerprint density at radius 2 is 1.90 bits per heavy atom. The number of piperidine rings is 1. The zero-order valence-electron chi connectivity index (χ0n) is 16.1. The molecule has 0 N–H and O–H groups in total. The summed E-state index contributed by atoms with van der Waals surface area (Å²) in [7, 11) is 1.60. The molecule has 5 nitrogen and oxygen atoms in total. The molecule has 3 aromatic rings. The Labute approximate surface area is 175 Å². The van der Waals surface area contributed by atoms with Gasteiger partial charge in [-0.2, -0.15) is 13.2 Å². The molecule has 1 saturated heterocycles. The van der Waals surface area contributed by atoms with Crippen LogP contribution in [0.2, 0.25) is 0 Å². The van der Waals surface area contributed by atoms with Crippen LogP contribution in [0.3, 0.4) is 0 Å². The van der Waals surface area contributed by atoms with Crippen LogP contribution in [0.5, 0.6) is 10.9 Å². The summed E-state index contributed by atoms with van der Waals surface area (Å²) in [6.07, 6.45) is -3.66. The number of alkyl halides is 3. The third-order valence-electron chi connectivity index (χ3n) is 5.04. The molecule has 158 valence electrons. The minimum absolute atomic E-state index is 0.144. The summed E-state index contributed by atoms with van der Waals surface area (Å²) in [6.45, 7) is 0.656. The van der Waals surface area contributed by atoms with Crippen LogP contribution in [0.4, 0.5) is 13.2 Å². The number of amides is 1. The number of methoxy groups -OCH3 is 1. The van der Waals surface area contributed by atoms with Gasteiger partial charge in [0.1, 0.15) is 11.9 Å². The number of carbonyl (C=O) groups excluding carboxylic acids is 1. The summed E-state index contributed by atoms with van der Waals surface area (Å²) in [5.74, 6) is 0.136. The largest absolute Gasteiger partial charge is 0.497 e. The number of aromatic nitrogens is 1. The van der Waals surface area contributed by atoms with Crippen molar-refractivity contribution < 1.29 is 27.4 Å². The summed E-state index contributed by atoms with van der Waals surface area (Å²) in [6, 6.07) is 10.5. The van der Waals surface area contributed by atoms with E-state index in [0.29, 0.717) is 31.1 Å². The fourth-order valence-corrected chi connectivity index (χ4v) is 4.38. The van der Waals surface area contributed by atoms with Gasteiger partial charge >= 0.3 is 6.18 Å². The number of benzene rings is 2. The molecule has 1 aliphatic heterocycles. The van der Waals surface area contributed by atoms with E-state index in [-0.39, 0.29) is 11.7 Å². The highest BCUT2D eigenvalue weighted by atomic mass is 32.1. The molecule has 4 rings (SSSR count). The predicted molar refractivity (Wildman–Crippen MR) is 107 cm³/mol. The van der Waals surface area contributed by atoms with Crippen LogP contribution in [0.25, 0.3) is 10.2 Å². The van der Waals surface area contributed by atoms with E-state index in [1.165, 1.54) is 34.4 Å². The molecule has 0 radical (unpaired) electrons. The summed E-state index contributed by atoms with van der Waals surface area (Å²) >= 11 is 1.41. The lowest BCUT2D eigenvalue weighted by Gasteiger charge is -2.32. The van der Waals surface area contributed by atoms with Crippen molar-refractivity contribution >= 4 is 27.5 Å². The first kappa shape index (κ1) is 20.5. The number of likely N-dealkylation sites (tertiary alicyclic amines) is 1. The number of fused-ring (bicyclic) bond motifs is 1. The van der Waals surface area contributed by atoms with Gasteiger partial charge in [-0.1, -0.05) is 23.5 Å². The second-order valence-electron chi connectivity index (χ2n) is 6.97. The Kier molecular flexibility index (Phi) is 5.55. The third kappa shape index (κ3) is 4.21. The minimum Gasteiger partial charge on any atom is -0.497 e. The van der Waals surface area contributed by atoms with Crippen LogP contribution in [0.15, 0.2) is 42.5 Å². The number of hydrogen-bond acceptors (Lipinski definition) is 5. The Morgan fingerprint density at radius 1 is 1.17 bits per heavy atom. The second kappa shape index (κ2) is 8.14. The highest BCUT2D eigenvalue weighted by Crippen LogP contribution is 2.34. The quantitative estimate of drug-likeness (QED) is 0.577. The van der Waals surface area contributed by atoms with Gasteiger partial charge in [0, 0.05) is 25.9 Å². The zero-order chi connectivity index (χ0) is 21.3. The SMILES string of the molecule is COc1ccc2nc(OC3CCN(C(=O)c4ccccc4C(F)(F)F)CC3)sc2c1. The van der Waals surface area contributed by atoms with Gasteiger partial charge in [-0.05, 0) is 30.3 Å². The van der Waals surface area contributed by atoms with E-state index in [0.717, 1.165) is 22.0 Å². The van der Waals surface area contributed by atoms with E-state index >= 15 is 0 Å². The number of halogens is 3. The number of thiazole rings is 1. The van der Waals surface area contributed by atoms with Crippen LogP contribution in [0, 0.1) is 0 Å². The van der Waals surface area contributed by atoms with Gasteiger partial charge in [0.15, 0.2) is 0 Å². The fourth-order valence-electron chi connectivity index (χ4n) is 3.47. The maximum absolute atomic E-state index is 13.2. The maximum atomic E-state index is 13.2. The van der Waals surface area contributed by atoms with E-state index in [1.54, 1.807) is 7.11 Å². The van der Waals surface area contributed by atoms with Gasteiger partial charge in [0.2, 0.25) is 0 Å². The minimum atomic E-state index is -4.57. The molecule has 0 spiro atoms. The first-order valence-electron chi connectivity index (χ1n) is 9.42. The van der Waals surface area contributed by atoms with E-state index in [9.17, 15) is 18.0 Å². The third-order valence-corrected chi connectivity index (χ3v) is 5.94. The molecule has 0 bridgehead atoms. The van der Waals surface area contributed by atoms with E-state index < -0.39 is 17.6 Å². The monoisotopic (exact) mass is 436 g/mol. The molecule has 1 amide bonds. The maximum Gasteiger partial charge on any atom is 0.417 e. The van der Waals surface area contributed by atoms with Gasteiger partial charge in [-0.15, -0.1) is 0 Å². The average molecular weight is 436 g/mol. The highest BCUT2D eigenvalue weighted by molar-refractivity contribution is 7.20. The van der Waals surface area contributed by atoms with Crippen molar-refractivity contribution in [2.24, 2.45) is 0 Å². The molecule has 0 saturated carbocycles. The average Bonchev–Trinajstić information content (AvgIpc) is 3.14. The van der Waals surface area contributed by atoms with Crippen LogP contribution >= 0.6 is 11.3 Å². The van der Waals surface area contributed by atoms with Gasteiger partial charge in [-0.3, -0.25) is 4.79 Å². The molecular formula is C21H19F3N2O3S. The van der Waals surface area contributed by atoms with E-state index in [2.05, 4.69) is 4.98 Å². The van der Waals surface area contributed by atoms with Crippen molar-refractivity contribution in [2.45, 2.75) is 25.1 Å². The summed E-state index contributed by atoms with van der Waals surface area (Å²) < 4.78 is 51.8. The fraction of sp³-hybridized carbons (Fsp3) is 0.333. The molecule has 0 aliphatic carbocycles. The number of ether oxygens (including phenoxy) is 2. The Balaban J connectivity index is 1.40. The van der Waals surface area contributed by atoms with Gasteiger partial charge in [0.05, 0.1) is 28.5 Å². The molecule has 2 heterocycles. The van der Waals surface area contributed by atoms with Crippen LogP contribution in [0.1, 0.15) is 28.8 Å². The summed E-state index contributed by atoms with van der Waals surface area (Å²) in [5, 5.41) is 0.533. The standard InChI is InChI=1S/C21H19F3N2O3S/c1-28-14-6-7-17-18(12-14)30-20(25-17)29-13-8-10-26(11-9-13)19(27)15-4-2-3-5-16(15)21(22,23)24/h2-7,12-13H,8-11H2,1H3. The van der Waals surface area contributed by atoms with Crippen molar-refractivity contribution in [3.8, 4) is 10.9 Å². The molecule has 0 unspecified atom stereocenters. The molecule has 0 atom stereocenters. The van der Waals surface area contributed by atoms with Crippen molar-refractivity contribution in [2.75, 3.05) is 20.2 Å². The van der Waals surface area contributed by atoms with Gasteiger partial charge < -0.3 is 14.4 Å². The van der Waals surface area contributed by atoms with Crippen molar-refractivity contribution in [3.05, 3.63) is 53.6 Å². The van der Waals surface area contributed by atoms with Gasteiger partial charge in [-0.25, -0.2) is 4.98 Å². The smallest absolute Gasteiger partial charge is 0.417 e. The Bertz CT molecular complexity index is 1060. The number of carbonyl (C=O) groups is 1. The Hall–Kier alpha value is -2.81. The van der Waals surface area contributed by atoms with Crippen LogP contribution in [-0.4, -0.2) is 42.1 Å². The molecule has 30 heavy (non-hydrogen) atoms. The summed E-state index contributed by atoms with van der Waals surface area (Å²) in [4.78, 5) is 18.6. The van der Waals surface area contributed by atoms with E-state index in [4.69, 9.17) is 9.47 Å². The normalized spacial score (nSPS) is 15.4. The van der Waals surface area contributed by atoms with Crippen LogP contribution in [-0.2, 0) is 6.18 Å². The van der Waals surface area contributed by atoms with Crippen molar-refractivity contribution in [1.82, 2.24) is 9.88 Å². The number of nitrogens with zero attached hydrogens (tertiary/aromatic N) is 2. The number of rotatable bonds is 4. The van der Waals surface area contributed by atoms with Crippen molar-refractivity contribution in [1.29, 1.82) is 0 Å². The summed E-state index contributed by atoms with van der Waals surface area (Å²) in [5.41, 5.74) is -0.407. The molecular weight excluding hydrogens is 417 g/mol. The highest BCUT2D eigenvalue weighted by Gasteiger charge is 2.36. The lowest BCUT2D eigenvalue weighted by molar-refractivity contribution is -0.138. The second-order valence-corrected chi connectivity index (χ2v) is 7.96. The first-order chi connectivity index (χ1) is 14.3. The van der Waals surface area contributed by atoms with Gasteiger partial charge in [0.25, 0.3) is 11.1 Å². The molecule has 1 aromatic heterocycles. The first-order valence-corrected chi connectivity index (χ1v) is 10.2. The molecule has 1 fully saturated rings. The molecule has 9 heteroatoms. The topological polar surface area (TPSA) is 51.7 Å². The molecule has 1 aliphatic rings. The number of hydrogen-bond donors (Lipinski definition) is 0. The lowest BCUT2D eigenvalue weighted by Crippen LogP contribution is -2.42. The predicted octanol–water partition coefficient (Wildman–Crippen LogP) is 5.01. The lowest BCUT2D eigenvalue weighted by atomic mass is 10.0. The van der Waals surface area contributed by atoms with Crippen LogP contribution < -0.4 is 9.47 Å². The van der Waals surface area contributed by atoms with Crippen molar-refractivity contribution in [3.63, 3.8) is 0 Å². The zero-order valence-corrected chi connectivity index (χ0v) is 16.9. The molecule has 2 aromatic carbocycles. The van der Waals surface area contributed by atoms with E-state index in [1.807, 2.05) is 18.2 Å².